The highest BCUT2D eigenvalue weighted by Crippen LogP contribution is 2.10. The highest BCUT2D eigenvalue weighted by molar-refractivity contribution is 5.40. The first-order valence-electron chi connectivity index (χ1n) is 6.74. The second-order valence-electron chi connectivity index (χ2n) is 4.78. The average Bonchev–Trinajstić information content (AvgIpc) is 2.38. The Labute approximate surface area is 111 Å². The minimum atomic E-state index is 0.598. The summed E-state index contributed by atoms with van der Waals surface area (Å²) in [4.78, 5) is 2.48. The Bertz CT molecular complexity index is 341. The number of nitrogens with zero attached hydrogens (tertiary/aromatic N) is 1. The topological polar surface area (TPSA) is 38.5 Å². The normalized spacial score (nSPS) is 12.9. The van der Waals surface area contributed by atoms with E-state index >= 15 is 0 Å². The first-order chi connectivity index (χ1) is 8.67. The number of methoxy groups -OCH3 is 1. The van der Waals surface area contributed by atoms with Gasteiger partial charge < -0.3 is 10.5 Å². The maximum atomic E-state index is 5.80. The summed E-state index contributed by atoms with van der Waals surface area (Å²) in [5, 5.41) is 0. The molecule has 0 aliphatic rings. The Morgan fingerprint density at radius 1 is 1.33 bits per heavy atom. The largest absolute Gasteiger partial charge is 0.399 e. The van der Waals surface area contributed by atoms with Crippen molar-refractivity contribution in [1.29, 1.82) is 0 Å². The summed E-state index contributed by atoms with van der Waals surface area (Å²) in [5.74, 6) is 0. The molecule has 1 unspecified atom stereocenters. The van der Waals surface area contributed by atoms with E-state index in [-0.39, 0.29) is 0 Å². The fourth-order valence-corrected chi connectivity index (χ4v) is 2.04. The molecule has 1 rings (SSSR count). The molecule has 0 amide bonds. The van der Waals surface area contributed by atoms with Gasteiger partial charge in [-0.15, -0.1) is 0 Å². The lowest BCUT2D eigenvalue weighted by atomic mass is 10.1. The molecule has 0 radical (unpaired) electrons. The van der Waals surface area contributed by atoms with Crippen molar-refractivity contribution in [3.05, 3.63) is 29.8 Å². The average molecular weight is 250 g/mol. The number of benzene rings is 1. The number of hydrogen-bond acceptors (Lipinski definition) is 3. The third kappa shape index (κ3) is 5.07. The Balaban J connectivity index is 2.50. The number of rotatable bonds is 8. The first kappa shape index (κ1) is 15.0. The quantitative estimate of drug-likeness (QED) is 0.721. The summed E-state index contributed by atoms with van der Waals surface area (Å²) in [6.45, 7) is 7.34. The van der Waals surface area contributed by atoms with Crippen LogP contribution < -0.4 is 5.73 Å². The van der Waals surface area contributed by atoms with Crippen LogP contribution in [0, 0.1) is 0 Å². The third-order valence-corrected chi connectivity index (χ3v) is 3.44. The first-order valence-corrected chi connectivity index (χ1v) is 6.74. The molecule has 18 heavy (non-hydrogen) atoms. The second-order valence-corrected chi connectivity index (χ2v) is 4.78. The molecule has 102 valence electrons. The standard InChI is InChI=1S/C15H26N2O/c1-4-13(2)17(10-11-18-3)9-8-14-6-5-7-15(16)12-14/h5-7,12-13H,4,8-11,16H2,1-3H3. The van der Waals surface area contributed by atoms with E-state index in [0.29, 0.717) is 6.04 Å². The SMILES string of the molecule is CCC(C)N(CCOC)CCc1cccc(N)c1. The summed E-state index contributed by atoms with van der Waals surface area (Å²) in [6.07, 6.45) is 2.21. The van der Waals surface area contributed by atoms with E-state index in [2.05, 4.69) is 30.9 Å². The lowest BCUT2D eigenvalue weighted by Gasteiger charge is -2.28. The van der Waals surface area contributed by atoms with Crippen molar-refractivity contribution in [2.75, 3.05) is 32.5 Å². The number of nitrogens with two attached hydrogens (primary N) is 1. The Morgan fingerprint density at radius 2 is 2.11 bits per heavy atom. The van der Waals surface area contributed by atoms with Crippen LogP contribution in [-0.4, -0.2) is 37.7 Å². The van der Waals surface area contributed by atoms with Crippen molar-refractivity contribution in [2.24, 2.45) is 0 Å². The molecule has 0 fully saturated rings. The van der Waals surface area contributed by atoms with Gasteiger partial charge in [0.25, 0.3) is 0 Å². The zero-order chi connectivity index (χ0) is 13.4. The summed E-state index contributed by atoms with van der Waals surface area (Å²) >= 11 is 0. The van der Waals surface area contributed by atoms with E-state index in [1.165, 1.54) is 12.0 Å². The molecule has 1 aromatic carbocycles. The van der Waals surface area contributed by atoms with Gasteiger partial charge in [-0.3, -0.25) is 4.90 Å². The van der Waals surface area contributed by atoms with E-state index < -0.39 is 0 Å². The van der Waals surface area contributed by atoms with E-state index in [1.807, 2.05) is 12.1 Å². The molecule has 0 aliphatic heterocycles. The minimum absolute atomic E-state index is 0.598. The van der Waals surface area contributed by atoms with Gasteiger partial charge in [-0.05, 0) is 37.5 Å². The monoisotopic (exact) mass is 250 g/mol. The molecule has 0 saturated carbocycles. The van der Waals surface area contributed by atoms with Crippen LogP contribution in [0.2, 0.25) is 0 Å². The van der Waals surface area contributed by atoms with Crippen molar-refractivity contribution >= 4 is 5.69 Å². The van der Waals surface area contributed by atoms with E-state index in [4.69, 9.17) is 10.5 Å². The van der Waals surface area contributed by atoms with Gasteiger partial charge in [-0.25, -0.2) is 0 Å². The highest BCUT2D eigenvalue weighted by Gasteiger charge is 2.11. The summed E-state index contributed by atoms with van der Waals surface area (Å²) in [7, 11) is 1.76. The van der Waals surface area contributed by atoms with Gasteiger partial charge in [-0.1, -0.05) is 19.1 Å². The lowest BCUT2D eigenvalue weighted by Crippen LogP contribution is -2.36. The predicted octanol–water partition coefficient (Wildman–Crippen LogP) is 2.56. The van der Waals surface area contributed by atoms with Gasteiger partial charge in [-0.2, -0.15) is 0 Å². The smallest absolute Gasteiger partial charge is 0.0589 e. The van der Waals surface area contributed by atoms with Gasteiger partial charge in [0.05, 0.1) is 6.61 Å². The molecular formula is C15H26N2O. The number of hydrogen-bond donors (Lipinski definition) is 1. The molecule has 3 heteroatoms. The van der Waals surface area contributed by atoms with Gasteiger partial charge >= 0.3 is 0 Å². The number of ether oxygens (including phenoxy) is 1. The van der Waals surface area contributed by atoms with Crippen molar-refractivity contribution in [3.63, 3.8) is 0 Å². The van der Waals surface area contributed by atoms with Crippen LogP contribution >= 0.6 is 0 Å². The molecule has 0 saturated heterocycles. The zero-order valence-corrected chi connectivity index (χ0v) is 11.9. The van der Waals surface area contributed by atoms with Gasteiger partial charge in [0.1, 0.15) is 0 Å². The fraction of sp³-hybridized carbons (Fsp3) is 0.600. The summed E-state index contributed by atoms with van der Waals surface area (Å²) in [5.41, 5.74) is 7.95. The predicted molar refractivity (Wildman–Crippen MR) is 77.8 cm³/mol. The highest BCUT2D eigenvalue weighted by atomic mass is 16.5. The molecule has 0 bridgehead atoms. The van der Waals surface area contributed by atoms with Crippen molar-refractivity contribution in [3.8, 4) is 0 Å². The van der Waals surface area contributed by atoms with E-state index in [1.54, 1.807) is 7.11 Å². The van der Waals surface area contributed by atoms with Crippen molar-refractivity contribution in [1.82, 2.24) is 4.90 Å². The fourth-order valence-electron chi connectivity index (χ4n) is 2.04. The van der Waals surface area contributed by atoms with Crippen LogP contribution in [-0.2, 0) is 11.2 Å². The van der Waals surface area contributed by atoms with Crippen LogP contribution in [0.15, 0.2) is 24.3 Å². The third-order valence-electron chi connectivity index (χ3n) is 3.44. The Hall–Kier alpha value is -1.06. The molecule has 2 N–H and O–H groups in total. The second kappa shape index (κ2) is 8.11. The van der Waals surface area contributed by atoms with Gasteiger partial charge in [0.2, 0.25) is 0 Å². The van der Waals surface area contributed by atoms with Crippen LogP contribution in [0.3, 0.4) is 0 Å². The van der Waals surface area contributed by atoms with Crippen LogP contribution in [0.4, 0.5) is 5.69 Å². The summed E-state index contributed by atoms with van der Waals surface area (Å²) < 4.78 is 5.18. The molecule has 0 aromatic heterocycles. The molecule has 0 aliphatic carbocycles. The van der Waals surface area contributed by atoms with Gasteiger partial charge in [0.15, 0.2) is 0 Å². The molecular weight excluding hydrogens is 224 g/mol. The van der Waals surface area contributed by atoms with Crippen molar-refractivity contribution < 1.29 is 4.74 Å². The number of anilines is 1. The van der Waals surface area contributed by atoms with Crippen molar-refractivity contribution in [2.45, 2.75) is 32.7 Å². The number of nitrogen functional groups attached to an aromatic ring is 1. The van der Waals surface area contributed by atoms with Crippen LogP contribution in [0.1, 0.15) is 25.8 Å². The molecule has 1 atom stereocenters. The maximum Gasteiger partial charge on any atom is 0.0589 e. The molecule has 0 heterocycles. The van der Waals surface area contributed by atoms with E-state index in [0.717, 1.165) is 31.8 Å². The zero-order valence-electron chi connectivity index (χ0n) is 11.9. The molecule has 0 spiro atoms. The molecule has 3 nitrogen and oxygen atoms in total. The lowest BCUT2D eigenvalue weighted by molar-refractivity contribution is 0.124. The minimum Gasteiger partial charge on any atom is -0.399 e. The molecule has 1 aromatic rings. The maximum absolute atomic E-state index is 5.80. The Kier molecular flexibility index (Phi) is 6.76. The van der Waals surface area contributed by atoms with E-state index in [9.17, 15) is 0 Å². The summed E-state index contributed by atoms with van der Waals surface area (Å²) in [6, 6.07) is 8.75. The van der Waals surface area contributed by atoms with Crippen LogP contribution in [0.5, 0.6) is 0 Å². The van der Waals surface area contributed by atoms with Crippen LogP contribution in [0.25, 0.3) is 0 Å². The van der Waals surface area contributed by atoms with Gasteiger partial charge in [0, 0.05) is 31.9 Å². The Morgan fingerprint density at radius 3 is 2.72 bits per heavy atom.